The molecule has 0 aromatic carbocycles. The molecule has 6 heteroatoms. The van der Waals surface area contributed by atoms with Gasteiger partial charge in [-0.3, -0.25) is 0 Å². The van der Waals surface area contributed by atoms with Crippen LogP contribution in [0.4, 0.5) is 4.79 Å². The van der Waals surface area contributed by atoms with Crippen LogP contribution in [0.25, 0.3) is 0 Å². The van der Waals surface area contributed by atoms with Gasteiger partial charge in [0.15, 0.2) is 0 Å². The lowest BCUT2D eigenvalue weighted by molar-refractivity contribution is -0.0474. The van der Waals surface area contributed by atoms with E-state index >= 15 is 0 Å². The van der Waals surface area contributed by atoms with Crippen LogP contribution in [-0.4, -0.2) is 64.2 Å². The normalized spacial score (nSPS) is 29.5. The molecule has 0 aliphatic carbocycles. The predicted octanol–water partition coefficient (Wildman–Crippen LogP) is 0.860. The van der Waals surface area contributed by atoms with Crippen molar-refractivity contribution in [3.63, 3.8) is 0 Å². The molecule has 0 bridgehead atoms. The lowest BCUT2D eigenvalue weighted by atomic mass is 9.97. The number of nitrogens with one attached hydrogen (secondary N) is 1. The summed E-state index contributed by atoms with van der Waals surface area (Å²) in [5, 5.41) is 24.0. The maximum Gasteiger partial charge on any atom is 0.410 e. The molecule has 21 heavy (non-hydrogen) atoms. The van der Waals surface area contributed by atoms with Crippen molar-refractivity contribution in [2.24, 2.45) is 0 Å². The molecule has 122 valence electrons. The van der Waals surface area contributed by atoms with Crippen LogP contribution in [-0.2, 0) is 4.74 Å². The van der Waals surface area contributed by atoms with Crippen molar-refractivity contribution in [3.05, 3.63) is 0 Å². The topological polar surface area (TPSA) is 82.0 Å². The molecule has 0 saturated carbocycles. The quantitative estimate of drug-likeness (QED) is 0.720. The Balaban J connectivity index is 1.98. The minimum Gasteiger partial charge on any atom is -0.444 e. The maximum absolute atomic E-state index is 12.2. The van der Waals surface area contributed by atoms with Crippen LogP contribution in [0.1, 0.15) is 46.5 Å². The van der Waals surface area contributed by atoms with Gasteiger partial charge in [0, 0.05) is 12.6 Å². The molecule has 0 aromatic rings. The average molecular weight is 300 g/mol. The first kappa shape index (κ1) is 16.5. The molecule has 0 unspecified atom stereocenters. The molecular formula is C15H28N2O4. The van der Waals surface area contributed by atoms with E-state index in [9.17, 15) is 15.0 Å². The summed E-state index contributed by atoms with van der Waals surface area (Å²) >= 11 is 0. The summed E-state index contributed by atoms with van der Waals surface area (Å²) in [5.74, 6) is 0. The standard InChI is InChI=1S/C15H28N2O4/c1-15(2,3)21-14(20)17-9-5-7-11(17)13(19)12(18)10-6-4-8-16-10/h10-13,16,18-19H,4-9H2,1-3H3/t10-,11-,12-,13-/m0/s1. The van der Waals surface area contributed by atoms with Crippen LogP contribution in [0.2, 0.25) is 0 Å². The molecule has 3 N–H and O–H groups in total. The van der Waals surface area contributed by atoms with Crippen LogP contribution < -0.4 is 5.32 Å². The van der Waals surface area contributed by atoms with Crippen LogP contribution in [0.3, 0.4) is 0 Å². The SMILES string of the molecule is CC(C)(C)OC(=O)N1CCC[C@H]1[C@H](O)[C@@H](O)[C@@H]1CCCN1. The number of carbonyl (C=O) groups excluding carboxylic acids is 1. The molecule has 0 radical (unpaired) electrons. The second kappa shape index (κ2) is 6.50. The van der Waals surface area contributed by atoms with Crippen molar-refractivity contribution < 1.29 is 19.7 Å². The van der Waals surface area contributed by atoms with Crippen molar-refractivity contribution in [1.82, 2.24) is 10.2 Å². The highest BCUT2D eigenvalue weighted by Crippen LogP contribution is 2.26. The summed E-state index contributed by atoms with van der Waals surface area (Å²) in [5.41, 5.74) is -0.555. The van der Waals surface area contributed by atoms with Gasteiger partial charge in [-0.15, -0.1) is 0 Å². The van der Waals surface area contributed by atoms with E-state index in [1.165, 1.54) is 0 Å². The number of aliphatic hydroxyl groups excluding tert-OH is 2. The molecule has 2 heterocycles. The lowest BCUT2D eigenvalue weighted by Crippen LogP contribution is -2.53. The highest BCUT2D eigenvalue weighted by molar-refractivity contribution is 5.69. The fraction of sp³-hybridized carbons (Fsp3) is 0.933. The van der Waals surface area contributed by atoms with E-state index < -0.39 is 23.9 Å². The van der Waals surface area contributed by atoms with Gasteiger partial charge in [0.25, 0.3) is 0 Å². The Morgan fingerprint density at radius 2 is 1.95 bits per heavy atom. The van der Waals surface area contributed by atoms with Gasteiger partial charge in [0.2, 0.25) is 0 Å². The van der Waals surface area contributed by atoms with E-state index in [1.807, 2.05) is 20.8 Å². The molecule has 1 amide bonds. The molecule has 6 nitrogen and oxygen atoms in total. The average Bonchev–Trinajstić information content (AvgIpc) is 3.05. The van der Waals surface area contributed by atoms with Crippen molar-refractivity contribution in [2.75, 3.05) is 13.1 Å². The molecular weight excluding hydrogens is 272 g/mol. The number of likely N-dealkylation sites (tertiary alicyclic amines) is 1. The number of hydrogen-bond donors (Lipinski definition) is 3. The highest BCUT2D eigenvalue weighted by atomic mass is 16.6. The van der Waals surface area contributed by atoms with E-state index in [0.29, 0.717) is 13.0 Å². The number of ether oxygens (including phenoxy) is 1. The zero-order valence-corrected chi connectivity index (χ0v) is 13.2. The molecule has 2 fully saturated rings. The Kier molecular flexibility index (Phi) is 5.11. The van der Waals surface area contributed by atoms with Gasteiger partial charge in [-0.25, -0.2) is 4.79 Å². The summed E-state index contributed by atoms with van der Waals surface area (Å²) < 4.78 is 5.39. The van der Waals surface area contributed by atoms with Crippen LogP contribution >= 0.6 is 0 Å². The number of aliphatic hydroxyl groups is 2. The molecule has 0 spiro atoms. The number of hydrogen-bond acceptors (Lipinski definition) is 5. The smallest absolute Gasteiger partial charge is 0.410 e. The Labute approximate surface area is 126 Å². The van der Waals surface area contributed by atoms with Gasteiger partial charge in [0.1, 0.15) is 11.7 Å². The van der Waals surface area contributed by atoms with E-state index in [4.69, 9.17) is 4.74 Å². The summed E-state index contributed by atoms with van der Waals surface area (Å²) in [4.78, 5) is 13.8. The predicted molar refractivity (Wildman–Crippen MR) is 79.0 cm³/mol. The molecule has 2 rings (SSSR count). The second-order valence-corrected chi connectivity index (χ2v) is 7.07. The van der Waals surface area contributed by atoms with Crippen molar-refractivity contribution in [3.8, 4) is 0 Å². The summed E-state index contributed by atoms with van der Waals surface area (Å²) in [6.07, 6.45) is 1.20. The third kappa shape index (κ3) is 4.08. The van der Waals surface area contributed by atoms with Crippen LogP contribution in [0.5, 0.6) is 0 Å². The van der Waals surface area contributed by atoms with Crippen molar-refractivity contribution >= 4 is 6.09 Å². The molecule has 4 atom stereocenters. The molecule has 0 aromatic heterocycles. The van der Waals surface area contributed by atoms with E-state index in [0.717, 1.165) is 25.8 Å². The van der Waals surface area contributed by atoms with E-state index in [2.05, 4.69) is 5.32 Å². The third-order valence-electron chi connectivity index (χ3n) is 4.18. The Hall–Kier alpha value is -0.850. The molecule has 2 saturated heterocycles. The highest BCUT2D eigenvalue weighted by Gasteiger charge is 2.41. The second-order valence-electron chi connectivity index (χ2n) is 7.07. The maximum atomic E-state index is 12.2. The fourth-order valence-corrected chi connectivity index (χ4v) is 3.16. The van der Waals surface area contributed by atoms with Crippen molar-refractivity contribution in [1.29, 1.82) is 0 Å². The van der Waals surface area contributed by atoms with Crippen LogP contribution in [0.15, 0.2) is 0 Å². The van der Waals surface area contributed by atoms with Crippen LogP contribution in [0, 0.1) is 0 Å². The molecule has 2 aliphatic rings. The van der Waals surface area contributed by atoms with Gasteiger partial charge in [0.05, 0.1) is 12.1 Å². The van der Waals surface area contributed by atoms with Crippen molar-refractivity contribution in [2.45, 2.75) is 76.3 Å². The van der Waals surface area contributed by atoms with Gasteiger partial charge >= 0.3 is 6.09 Å². The van der Waals surface area contributed by atoms with Gasteiger partial charge in [-0.1, -0.05) is 0 Å². The lowest BCUT2D eigenvalue weighted by Gasteiger charge is -2.34. The Bertz CT molecular complexity index is 363. The minimum absolute atomic E-state index is 0.0823. The largest absolute Gasteiger partial charge is 0.444 e. The monoisotopic (exact) mass is 300 g/mol. The first-order valence-corrected chi connectivity index (χ1v) is 7.89. The summed E-state index contributed by atoms with van der Waals surface area (Å²) in [6.45, 7) is 6.91. The fourth-order valence-electron chi connectivity index (χ4n) is 3.16. The van der Waals surface area contributed by atoms with Gasteiger partial charge in [-0.2, -0.15) is 0 Å². The summed E-state index contributed by atoms with van der Waals surface area (Å²) in [6, 6.07) is -0.446. The Morgan fingerprint density at radius 3 is 2.52 bits per heavy atom. The number of amides is 1. The number of nitrogens with zero attached hydrogens (tertiary/aromatic N) is 1. The summed E-state index contributed by atoms with van der Waals surface area (Å²) in [7, 11) is 0. The van der Waals surface area contributed by atoms with Gasteiger partial charge < -0.3 is 25.2 Å². The third-order valence-corrected chi connectivity index (χ3v) is 4.18. The zero-order valence-electron chi connectivity index (χ0n) is 13.2. The zero-order chi connectivity index (χ0) is 15.6. The number of carbonyl (C=O) groups is 1. The first-order valence-electron chi connectivity index (χ1n) is 7.89. The minimum atomic E-state index is -0.935. The Morgan fingerprint density at radius 1 is 1.24 bits per heavy atom. The van der Waals surface area contributed by atoms with Gasteiger partial charge in [-0.05, 0) is 53.0 Å². The number of rotatable bonds is 3. The molecule has 2 aliphatic heterocycles. The van der Waals surface area contributed by atoms with E-state index in [-0.39, 0.29) is 12.1 Å². The van der Waals surface area contributed by atoms with E-state index in [1.54, 1.807) is 4.90 Å². The first-order chi connectivity index (χ1) is 9.79.